The number of benzene rings is 2. The van der Waals surface area contributed by atoms with E-state index in [2.05, 4.69) is 4.90 Å². The van der Waals surface area contributed by atoms with Crippen LogP contribution in [-0.4, -0.2) is 42.6 Å². The molecule has 0 radical (unpaired) electrons. The number of nitrogens with zero attached hydrogens (tertiary/aromatic N) is 2. The highest BCUT2D eigenvalue weighted by atomic mass is 16.5. The third-order valence-corrected chi connectivity index (χ3v) is 5.69. The molecule has 2 aromatic rings. The molecule has 0 amide bonds. The van der Waals surface area contributed by atoms with E-state index in [0.29, 0.717) is 5.56 Å². The van der Waals surface area contributed by atoms with Crippen molar-refractivity contribution in [1.29, 1.82) is 0 Å². The van der Waals surface area contributed by atoms with Crippen molar-refractivity contribution in [1.82, 2.24) is 4.90 Å². The summed E-state index contributed by atoms with van der Waals surface area (Å²) < 4.78 is 5.89. The van der Waals surface area contributed by atoms with E-state index in [1.165, 1.54) is 25.9 Å². The smallest absolute Gasteiger partial charge is 0.178 e. The first-order valence-corrected chi connectivity index (χ1v) is 10.3. The van der Waals surface area contributed by atoms with Crippen molar-refractivity contribution in [3.8, 4) is 5.75 Å². The zero-order valence-corrected chi connectivity index (χ0v) is 16.8. The van der Waals surface area contributed by atoms with Crippen molar-refractivity contribution in [2.45, 2.75) is 39.0 Å². The Hall–Kier alpha value is -2.46. The Bertz CT molecular complexity index is 880. The highest BCUT2D eigenvalue weighted by Gasteiger charge is 2.30. The van der Waals surface area contributed by atoms with Gasteiger partial charge in [0.15, 0.2) is 5.78 Å². The van der Waals surface area contributed by atoms with Crippen molar-refractivity contribution >= 4 is 17.2 Å². The molecule has 0 aromatic heterocycles. The number of fused-ring (bicyclic) bond motifs is 1. The molecule has 0 bridgehead atoms. The molecule has 4 heteroatoms. The van der Waals surface area contributed by atoms with Gasteiger partial charge < -0.3 is 9.64 Å². The first-order chi connectivity index (χ1) is 13.6. The van der Waals surface area contributed by atoms with Crippen LogP contribution >= 0.6 is 0 Å². The Morgan fingerprint density at radius 2 is 1.82 bits per heavy atom. The second-order valence-electron chi connectivity index (χ2n) is 7.89. The van der Waals surface area contributed by atoms with Gasteiger partial charge in [0.1, 0.15) is 5.75 Å². The number of hydrogen-bond acceptors (Lipinski definition) is 4. The Morgan fingerprint density at radius 3 is 2.57 bits per heavy atom. The van der Waals surface area contributed by atoms with Gasteiger partial charge in [-0.25, -0.2) is 0 Å². The van der Waals surface area contributed by atoms with Crippen LogP contribution in [0, 0.1) is 6.92 Å². The summed E-state index contributed by atoms with van der Waals surface area (Å²) in [6.07, 6.45) is 3.70. The van der Waals surface area contributed by atoms with E-state index in [1.54, 1.807) is 0 Å². The van der Waals surface area contributed by atoms with E-state index in [4.69, 9.17) is 9.73 Å². The summed E-state index contributed by atoms with van der Waals surface area (Å²) in [7, 11) is 0. The standard InChI is InChI=1S/C24H28N2O2/c1-17-6-11-21-22(16-17)25-18(2)23(24(21)27)19-7-9-20(10-8-19)28-15-5-14-26-12-3-4-13-26/h6-11,16,23H,3-5,12-15H2,1-2H3. The van der Waals surface area contributed by atoms with E-state index >= 15 is 0 Å². The van der Waals surface area contributed by atoms with Crippen LogP contribution in [0.2, 0.25) is 0 Å². The summed E-state index contributed by atoms with van der Waals surface area (Å²) in [5, 5.41) is 0. The van der Waals surface area contributed by atoms with E-state index in [-0.39, 0.29) is 11.7 Å². The van der Waals surface area contributed by atoms with E-state index < -0.39 is 0 Å². The van der Waals surface area contributed by atoms with Crippen LogP contribution in [0.1, 0.15) is 53.6 Å². The maximum Gasteiger partial charge on any atom is 0.178 e. The molecule has 28 heavy (non-hydrogen) atoms. The van der Waals surface area contributed by atoms with Gasteiger partial charge in [-0.15, -0.1) is 0 Å². The normalized spacial score (nSPS) is 19.4. The van der Waals surface area contributed by atoms with Gasteiger partial charge in [0, 0.05) is 17.8 Å². The Morgan fingerprint density at radius 1 is 1.07 bits per heavy atom. The number of ketones is 1. The molecule has 1 unspecified atom stereocenters. The first-order valence-electron chi connectivity index (χ1n) is 10.3. The van der Waals surface area contributed by atoms with Gasteiger partial charge in [-0.1, -0.05) is 18.2 Å². The minimum atomic E-state index is -0.306. The number of aryl methyl sites for hydroxylation is 1. The van der Waals surface area contributed by atoms with Crippen LogP contribution in [0.15, 0.2) is 47.5 Å². The molecule has 0 saturated carbocycles. The minimum absolute atomic E-state index is 0.127. The number of ether oxygens (including phenoxy) is 1. The molecule has 0 N–H and O–H groups in total. The summed E-state index contributed by atoms with van der Waals surface area (Å²) in [6.45, 7) is 8.26. The fraction of sp³-hybridized carbons (Fsp3) is 0.417. The summed E-state index contributed by atoms with van der Waals surface area (Å²) in [5.41, 5.74) is 4.44. The van der Waals surface area contributed by atoms with Gasteiger partial charge in [-0.05, 0) is 81.6 Å². The lowest BCUT2D eigenvalue weighted by Crippen LogP contribution is -2.23. The topological polar surface area (TPSA) is 41.9 Å². The quantitative estimate of drug-likeness (QED) is 0.671. The highest BCUT2D eigenvalue weighted by molar-refractivity contribution is 6.21. The van der Waals surface area contributed by atoms with Crippen molar-refractivity contribution in [3.63, 3.8) is 0 Å². The zero-order valence-electron chi connectivity index (χ0n) is 16.8. The molecule has 1 fully saturated rings. The fourth-order valence-corrected chi connectivity index (χ4v) is 4.18. The number of carbonyl (C=O) groups excluding carboxylic acids is 1. The van der Waals surface area contributed by atoms with Gasteiger partial charge in [0.2, 0.25) is 0 Å². The Labute approximate surface area is 167 Å². The van der Waals surface area contributed by atoms with Crippen LogP contribution < -0.4 is 4.74 Å². The van der Waals surface area contributed by atoms with E-state index in [9.17, 15) is 4.79 Å². The Kier molecular flexibility index (Phi) is 5.58. The Balaban J connectivity index is 1.39. The third kappa shape index (κ3) is 4.02. The molecule has 1 atom stereocenters. The lowest BCUT2D eigenvalue weighted by atomic mass is 9.84. The van der Waals surface area contributed by atoms with Crippen LogP contribution in [0.25, 0.3) is 0 Å². The average molecular weight is 377 g/mol. The van der Waals surface area contributed by atoms with Gasteiger partial charge in [0.05, 0.1) is 18.2 Å². The highest BCUT2D eigenvalue weighted by Crippen LogP contribution is 2.35. The van der Waals surface area contributed by atoms with Crippen LogP contribution in [-0.2, 0) is 0 Å². The maximum absolute atomic E-state index is 13.0. The molecule has 4 rings (SSSR count). The van der Waals surface area contributed by atoms with Crippen molar-refractivity contribution in [2.24, 2.45) is 4.99 Å². The lowest BCUT2D eigenvalue weighted by molar-refractivity contribution is 0.0981. The number of hydrogen-bond donors (Lipinski definition) is 0. The molecule has 0 spiro atoms. The average Bonchev–Trinajstić information content (AvgIpc) is 3.19. The maximum atomic E-state index is 13.0. The molecule has 1 saturated heterocycles. The largest absolute Gasteiger partial charge is 0.494 e. The molecular formula is C24H28N2O2. The number of aliphatic imine (C=N–C) groups is 1. The molecular weight excluding hydrogens is 348 g/mol. The summed E-state index contributed by atoms with van der Waals surface area (Å²) in [6, 6.07) is 13.8. The van der Waals surface area contributed by atoms with Crippen molar-refractivity contribution in [2.75, 3.05) is 26.2 Å². The first kappa shape index (κ1) is 18.9. The monoisotopic (exact) mass is 376 g/mol. The van der Waals surface area contributed by atoms with Gasteiger partial charge in [-0.3, -0.25) is 9.79 Å². The summed E-state index contributed by atoms with van der Waals surface area (Å²) in [4.78, 5) is 20.2. The summed E-state index contributed by atoms with van der Waals surface area (Å²) in [5.74, 6) is 0.681. The lowest BCUT2D eigenvalue weighted by Gasteiger charge is -2.22. The predicted molar refractivity (Wildman–Crippen MR) is 113 cm³/mol. The molecule has 0 aliphatic carbocycles. The van der Waals surface area contributed by atoms with Gasteiger partial charge in [0.25, 0.3) is 0 Å². The van der Waals surface area contributed by atoms with Crippen molar-refractivity contribution in [3.05, 3.63) is 59.2 Å². The zero-order chi connectivity index (χ0) is 19.5. The molecule has 2 heterocycles. The second-order valence-corrected chi connectivity index (χ2v) is 7.89. The fourth-order valence-electron chi connectivity index (χ4n) is 4.18. The minimum Gasteiger partial charge on any atom is -0.494 e. The van der Waals surface area contributed by atoms with E-state index in [1.807, 2.05) is 56.3 Å². The van der Waals surface area contributed by atoms with Crippen molar-refractivity contribution < 1.29 is 9.53 Å². The predicted octanol–water partition coefficient (Wildman–Crippen LogP) is 4.93. The SMILES string of the molecule is CC1=Nc2cc(C)ccc2C(=O)C1c1ccc(OCCCN2CCCC2)cc1. The van der Waals surface area contributed by atoms with Crippen LogP contribution in [0.5, 0.6) is 5.75 Å². The van der Waals surface area contributed by atoms with Crippen LogP contribution in [0.4, 0.5) is 5.69 Å². The third-order valence-electron chi connectivity index (χ3n) is 5.69. The molecule has 4 nitrogen and oxygen atoms in total. The van der Waals surface area contributed by atoms with Gasteiger partial charge >= 0.3 is 0 Å². The molecule has 2 aromatic carbocycles. The number of rotatable bonds is 6. The molecule has 2 aliphatic rings. The summed E-state index contributed by atoms with van der Waals surface area (Å²) >= 11 is 0. The second kappa shape index (κ2) is 8.27. The number of Topliss-reactive ketones (excluding diaryl/α,β-unsaturated/α-hetero) is 1. The molecule has 2 aliphatic heterocycles. The number of likely N-dealkylation sites (tertiary alicyclic amines) is 1. The molecule has 146 valence electrons. The van der Waals surface area contributed by atoms with Crippen LogP contribution in [0.3, 0.4) is 0 Å². The number of carbonyl (C=O) groups is 1. The van der Waals surface area contributed by atoms with E-state index in [0.717, 1.165) is 47.8 Å². The van der Waals surface area contributed by atoms with Gasteiger partial charge in [-0.2, -0.15) is 0 Å².